The lowest BCUT2D eigenvalue weighted by Gasteiger charge is -2.33. The summed E-state index contributed by atoms with van der Waals surface area (Å²) in [6.07, 6.45) is 1.28. The molecular weight excluding hydrogens is 617 g/mol. The molecule has 7 nitrogen and oxygen atoms in total. The number of rotatable bonds is 12. The lowest BCUT2D eigenvalue weighted by molar-refractivity contribution is -0.141. The van der Waals surface area contributed by atoms with Gasteiger partial charge in [-0.1, -0.05) is 90.8 Å². The predicted octanol–water partition coefficient (Wildman–Crippen LogP) is 6.99. The smallest absolute Gasteiger partial charge is 0.265 e. The number of nitrogens with one attached hydrogen (secondary N) is 1. The summed E-state index contributed by atoms with van der Waals surface area (Å²) in [6.45, 7) is 4.04. The number of nitrogens with zero attached hydrogens (tertiary/aromatic N) is 2. The molecule has 230 valence electrons. The van der Waals surface area contributed by atoms with Crippen LogP contribution in [0.5, 0.6) is 0 Å². The molecule has 44 heavy (non-hydrogen) atoms. The van der Waals surface area contributed by atoms with Crippen LogP contribution in [-0.4, -0.2) is 43.8 Å². The van der Waals surface area contributed by atoms with Crippen molar-refractivity contribution >= 4 is 61.5 Å². The summed E-state index contributed by atoms with van der Waals surface area (Å²) in [5, 5.41) is 5.38. The Morgan fingerprint density at radius 2 is 1.57 bits per heavy atom. The first-order valence-electron chi connectivity index (χ1n) is 14.7. The van der Waals surface area contributed by atoms with E-state index in [0.29, 0.717) is 26.7 Å². The van der Waals surface area contributed by atoms with E-state index in [0.717, 1.165) is 17.4 Å². The lowest BCUT2D eigenvalue weighted by atomic mass is 10.0. The molecule has 4 aromatic carbocycles. The molecule has 0 radical (unpaired) electrons. The van der Waals surface area contributed by atoms with Gasteiger partial charge in [0.2, 0.25) is 11.8 Å². The standard InChI is InChI=1S/C34H35Cl2N3O4S/c1-3-23(2)37-34(41)30(21-24-11-5-4-6-12-24)38(22-26-27(35)15-9-16-28(26)36)32(40)19-10-20-39-29-17-7-13-25-14-8-18-31(33(25)29)44(39,42)43/h4-9,11-18,23,30H,3,10,19-22H2,1-2H3,(H,37,41)/t23-,30-/m1/s1. The Labute approximate surface area is 268 Å². The van der Waals surface area contributed by atoms with Gasteiger partial charge < -0.3 is 10.2 Å². The molecule has 0 aromatic heterocycles. The Bertz CT molecular complexity index is 1760. The van der Waals surface area contributed by atoms with E-state index >= 15 is 0 Å². The van der Waals surface area contributed by atoms with Gasteiger partial charge >= 0.3 is 0 Å². The number of halogens is 2. The zero-order valence-electron chi connectivity index (χ0n) is 24.7. The fourth-order valence-electron chi connectivity index (χ4n) is 5.57. The minimum atomic E-state index is -3.75. The summed E-state index contributed by atoms with van der Waals surface area (Å²) in [6, 6.07) is 24.5. The van der Waals surface area contributed by atoms with Crippen molar-refractivity contribution in [2.24, 2.45) is 0 Å². The van der Waals surface area contributed by atoms with Gasteiger partial charge in [0.05, 0.1) is 10.6 Å². The van der Waals surface area contributed by atoms with Crippen molar-refractivity contribution < 1.29 is 18.0 Å². The van der Waals surface area contributed by atoms with Crippen molar-refractivity contribution in [2.45, 2.75) is 63.1 Å². The molecule has 0 fully saturated rings. The maximum absolute atomic E-state index is 14.1. The molecule has 1 N–H and O–H groups in total. The van der Waals surface area contributed by atoms with E-state index in [2.05, 4.69) is 5.32 Å². The quantitative estimate of drug-likeness (QED) is 0.179. The van der Waals surface area contributed by atoms with Crippen LogP contribution in [0.15, 0.2) is 89.8 Å². The number of amides is 2. The van der Waals surface area contributed by atoms with E-state index in [4.69, 9.17) is 23.2 Å². The van der Waals surface area contributed by atoms with Gasteiger partial charge in [0.25, 0.3) is 10.0 Å². The molecule has 1 heterocycles. The van der Waals surface area contributed by atoms with Crippen molar-refractivity contribution in [1.29, 1.82) is 0 Å². The zero-order valence-corrected chi connectivity index (χ0v) is 27.0. The van der Waals surface area contributed by atoms with Crippen LogP contribution >= 0.6 is 23.2 Å². The second-order valence-electron chi connectivity index (χ2n) is 11.1. The van der Waals surface area contributed by atoms with Gasteiger partial charge in [-0.2, -0.15) is 0 Å². The van der Waals surface area contributed by atoms with Gasteiger partial charge in [0.1, 0.15) is 6.04 Å². The highest BCUT2D eigenvalue weighted by Gasteiger charge is 2.36. The summed E-state index contributed by atoms with van der Waals surface area (Å²) >= 11 is 13.1. The second kappa shape index (κ2) is 13.6. The number of carbonyl (C=O) groups excluding carboxylic acids is 2. The highest BCUT2D eigenvalue weighted by Crippen LogP contribution is 2.42. The monoisotopic (exact) mass is 651 g/mol. The zero-order chi connectivity index (χ0) is 31.4. The maximum atomic E-state index is 14.1. The summed E-state index contributed by atoms with van der Waals surface area (Å²) < 4.78 is 28.3. The van der Waals surface area contributed by atoms with Crippen molar-refractivity contribution in [3.8, 4) is 0 Å². The van der Waals surface area contributed by atoms with Crippen LogP contribution in [0.25, 0.3) is 10.8 Å². The molecule has 10 heteroatoms. The summed E-state index contributed by atoms with van der Waals surface area (Å²) in [5.74, 6) is -0.572. The summed E-state index contributed by atoms with van der Waals surface area (Å²) in [7, 11) is -3.75. The highest BCUT2D eigenvalue weighted by atomic mass is 35.5. The molecular formula is C34H35Cl2N3O4S. The molecule has 0 bridgehead atoms. The van der Waals surface area contributed by atoms with Crippen LogP contribution < -0.4 is 9.62 Å². The first kappa shape index (κ1) is 31.8. The van der Waals surface area contributed by atoms with Crippen molar-refractivity contribution in [3.05, 3.63) is 106 Å². The molecule has 2 amide bonds. The number of benzene rings is 4. The van der Waals surface area contributed by atoms with E-state index in [1.54, 1.807) is 36.4 Å². The van der Waals surface area contributed by atoms with E-state index in [1.165, 1.54) is 9.21 Å². The molecule has 0 aliphatic carbocycles. The van der Waals surface area contributed by atoms with Gasteiger partial charge in [0, 0.05) is 53.0 Å². The fourth-order valence-corrected chi connectivity index (χ4v) is 7.83. The van der Waals surface area contributed by atoms with E-state index in [-0.39, 0.29) is 55.1 Å². The van der Waals surface area contributed by atoms with Crippen LogP contribution in [0.4, 0.5) is 5.69 Å². The molecule has 1 aliphatic rings. The summed E-state index contributed by atoms with van der Waals surface area (Å²) in [4.78, 5) is 29.7. The Kier molecular flexibility index (Phi) is 9.83. The average Bonchev–Trinajstić information content (AvgIpc) is 3.23. The van der Waals surface area contributed by atoms with E-state index in [1.807, 2.05) is 62.4 Å². The molecule has 5 rings (SSSR count). The molecule has 0 spiro atoms. The van der Waals surface area contributed by atoms with Crippen molar-refractivity contribution in [3.63, 3.8) is 0 Å². The Balaban J connectivity index is 1.43. The third-order valence-electron chi connectivity index (χ3n) is 8.10. The van der Waals surface area contributed by atoms with Gasteiger partial charge in [-0.3, -0.25) is 13.9 Å². The molecule has 0 unspecified atom stereocenters. The Morgan fingerprint density at radius 3 is 2.25 bits per heavy atom. The van der Waals surface area contributed by atoms with Crippen LogP contribution in [0.2, 0.25) is 10.0 Å². The molecule has 1 aliphatic heterocycles. The number of anilines is 1. The normalized spacial score (nSPS) is 14.8. The number of hydrogen-bond donors (Lipinski definition) is 1. The number of sulfonamides is 1. The van der Waals surface area contributed by atoms with Gasteiger partial charge in [0.15, 0.2) is 0 Å². The minimum absolute atomic E-state index is 0.0162. The largest absolute Gasteiger partial charge is 0.352 e. The third kappa shape index (κ3) is 6.58. The Morgan fingerprint density at radius 1 is 0.909 bits per heavy atom. The van der Waals surface area contributed by atoms with Gasteiger partial charge in [-0.25, -0.2) is 8.42 Å². The van der Waals surface area contributed by atoms with Crippen LogP contribution in [-0.2, 0) is 32.6 Å². The SMILES string of the molecule is CC[C@@H](C)NC(=O)[C@@H](Cc1ccccc1)N(Cc1c(Cl)cccc1Cl)C(=O)CCCN1c2cccc3cccc(c23)S1(=O)=O. The molecule has 4 aromatic rings. The highest BCUT2D eigenvalue weighted by molar-refractivity contribution is 7.93. The topological polar surface area (TPSA) is 86.8 Å². The number of hydrogen-bond acceptors (Lipinski definition) is 4. The fraction of sp³-hybridized carbons (Fsp3) is 0.294. The first-order valence-corrected chi connectivity index (χ1v) is 16.9. The predicted molar refractivity (Wildman–Crippen MR) is 177 cm³/mol. The third-order valence-corrected chi connectivity index (χ3v) is 10.7. The lowest BCUT2D eigenvalue weighted by Crippen LogP contribution is -2.52. The van der Waals surface area contributed by atoms with Gasteiger partial charge in [-0.05, 0) is 55.0 Å². The second-order valence-corrected chi connectivity index (χ2v) is 13.7. The average molecular weight is 653 g/mol. The van der Waals surface area contributed by atoms with Crippen LogP contribution in [0, 0.1) is 0 Å². The van der Waals surface area contributed by atoms with Crippen LogP contribution in [0.1, 0.15) is 44.2 Å². The van der Waals surface area contributed by atoms with E-state index < -0.39 is 16.1 Å². The first-order chi connectivity index (χ1) is 21.1. The molecule has 0 saturated heterocycles. The molecule has 0 saturated carbocycles. The van der Waals surface area contributed by atoms with Gasteiger partial charge in [-0.15, -0.1) is 0 Å². The van der Waals surface area contributed by atoms with E-state index in [9.17, 15) is 18.0 Å². The maximum Gasteiger partial charge on any atom is 0.265 e. The minimum Gasteiger partial charge on any atom is -0.352 e. The van der Waals surface area contributed by atoms with Crippen LogP contribution in [0.3, 0.4) is 0 Å². The van der Waals surface area contributed by atoms with Crippen molar-refractivity contribution in [1.82, 2.24) is 10.2 Å². The summed E-state index contributed by atoms with van der Waals surface area (Å²) in [5.41, 5.74) is 2.05. The van der Waals surface area contributed by atoms with Crippen molar-refractivity contribution in [2.75, 3.05) is 10.8 Å². The molecule has 2 atom stereocenters. The number of carbonyl (C=O) groups is 2. The Hall–Kier alpha value is -3.59.